The zero-order chi connectivity index (χ0) is 17.2. The van der Waals surface area contributed by atoms with Crippen LogP contribution < -0.4 is 5.32 Å². The van der Waals surface area contributed by atoms with E-state index in [0.717, 1.165) is 11.3 Å². The van der Waals surface area contributed by atoms with Gasteiger partial charge in [-0.2, -0.15) is 5.10 Å². The Hall–Kier alpha value is -2.04. The minimum absolute atomic E-state index is 0.0867. The highest BCUT2D eigenvalue weighted by atomic mass is 35.5. The van der Waals surface area contributed by atoms with Crippen molar-refractivity contribution >= 4 is 28.9 Å². The Morgan fingerprint density at radius 3 is 2.46 bits per heavy atom. The van der Waals surface area contributed by atoms with Gasteiger partial charge in [0.2, 0.25) is 0 Å². The van der Waals surface area contributed by atoms with Crippen molar-refractivity contribution in [2.24, 2.45) is 0 Å². The molecule has 0 bridgehead atoms. The Labute approximate surface area is 151 Å². The normalized spacial score (nSPS) is 12.8. The maximum atomic E-state index is 6.37. The average molecular weight is 361 g/mol. The van der Waals surface area contributed by atoms with Gasteiger partial charge in [-0.15, -0.1) is 0 Å². The molecule has 0 spiro atoms. The summed E-state index contributed by atoms with van der Waals surface area (Å²) in [5.74, 6) is 0. The molecule has 2 aromatic carbocycles. The van der Waals surface area contributed by atoms with E-state index >= 15 is 0 Å². The van der Waals surface area contributed by atoms with Gasteiger partial charge in [-0.25, -0.2) is 9.67 Å². The van der Waals surface area contributed by atoms with E-state index in [1.807, 2.05) is 35.0 Å². The smallest absolute Gasteiger partial charge is 0.137 e. The number of aromatic nitrogens is 3. The summed E-state index contributed by atoms with van der Waals surface area (Å²) in [4.78, 5) is 4.08. The number of hydrogen-bond acceptors (Lipinski definition) is 3. The maximum absolute atomic E-state index is 6.37. The summed E-state index contributed by atoms with van der Waals surface area (Å²) in [6.45, 7) is 4.20. The highest BCUT2D eigenvalue weighted by Crippen LogP contribution is 2.38. The standard InChI is InChI=1S/C18H18Cl2N4/c1-18(2,24-12-21-11-22-24)17(13-7-4-3-5-8-13)23-15-10-6-9-14(19)16(15)20/h3-12,17,23H,1-2H3. The van der Waals surface area contributed by atoms with Gasteiger partial charge in [-0.05, 0) is 31.5 Å². The second-order valence-corrected chi connectivity index (χ2v) is 6.87. The molecule has 0 aliphatic carbocycles. The molecular weight excluding hydrogens is 343 g/mol. The Bertz CT molecular complexity index is 801. The lowest BCUT2D eigenvalue weighted by Gasteiger charge is -2.36. The molecule has 3 rings (SSSR count). The molecule has 0 amide bonds. The molecular formula is C18H18Cl2N4. The lowest BCUT2D eigenvalue weighted by atomic mass is 9.88. The molecule has 1 heterocycles. The van der Waals surface area contributed by atoms with E-state index in [9.17, 15) is 0 Å². The van der Waals surface area contributed by atoms with Crippen molar-refractivity contribution in [1.29, 1.82) is 0 Å². The van der Waals surface area contributed by atoms with Crippen LogP contribution in [0.15, 0.2) is 61.2 Å². The van der Waals surface area contributed by atoms with Gasteiger partial charge >= 0.3 is 0 Å². The summed E-state index contributed by atoms with van der Waals surface area (Å²) in [5, 5.41) is 8.88. The zero-order valence-electron chi connectivity index (χ0n) is 13.4. The number of anilines is 1. The fourth-order valence-electron chi connectivity index (χ4n) is 2.72. The molecule has 3 aromatic rings. The molecule has 24 heavy (non-hydrogen) atoms. The minimum atomic E-state index is -0.385. The number of rotatable bonds is 5. The molecule has 124 valence electrons. The van der Waals surface area contributed by atoms with Crippen LogP contribution in [-0.2, 0) is 5.54 Å². The molecule has 1 N–H and O–H groups in total. The first kappa shape index (κ1) is 16.8. The fraction of sp³-hybridized carbons (Fsp3) is 0.222. The van der Waals surface area contributed by atoms with Crippen LogP contribution in [0.3, 0.4) is 0 Å². The van der Waals surface area contributed by atoms with E-state index in [-0.39, 0.29) is 11.6 Å². The number of nitrogens with zero attached hydrogens (tertiary/aromatic N) is 3. The molecule has 0 saturated heterocycles. The summed E-state index contributed by atoms with van der Waals surface area (Å²) in [7, 11) is 0. The molecule has 1 aromatic heterocycles. The predicted molar refractivity (Wildman–Crippen MR) is 98.6 cm³/mol. The molecule has 0 aliphatic heterocycles. The van der Waals surface area contributed by atoms with Gasteiger partial charge in [-0.3, -0.25) is 0 Å². The van der Waals surface area contributed by atoms with Crippen LogP contribution in [0.25, 0.3) is 0 Å². The van der Waals surface area contributed by atoms with Gasteiger partial charge in [-0.1, -0.05) is 59.6 Å². The zero-order valence-corrected chi connectivity index (χ0v) is 15.0. The van der Waals surface area contributed by atoms with E-state index < -0.39 is 0 Å². The van der Waals surface area contributed by atoms with Crippen molar-refractivity contribution in [3.63, 3.8) is 0 Å². The number of benzene rings is 2. The molecule has 0 radical (unpaired) electrons. The first-order valence-corrected chi connectivity index (χ1v) is 8.36. The number of nitrogens with one attached hydrogen (secondary N) is 1. The van der Waals surface area contributed by atoms with Gasteiger partial charge in [0.1, 0.15) is 12.7 Å². The summed E-state index contributed by atoms with van der Waals surface area (Å²) >= 11 is 12.5. The maximum Gasteiger partial charge on any atom is 0.137 e. The molecule has 0 saturated carbocycles. The summed E-state index contributed by atoms with van der Waals surface area (Å²) in [6.07, 6.45) is 3.26. The van der Waals surface area contributed by atoms with Gasteiger partial charge in [0.15, 0.2) is 0 Å². The van der Waals surface area contributed by atoms with E-state index in [1.54, 1.807) is 12.4 Å². The summed E-state index contributed by atoms with van der Waals surface area (Å²) in [6, 6.07) is 15.7. The predicted octanol–water partition coefficient (Wildman–Crippen LogP) is 5.17. The van der Waals surface area contributed by atoms with Crippen LogP contribution in [-0.4, -0.2) is 14.8 Å². The fourth-order valence-corrected chi connectivity index (χ4v) is 3.08. The minimum Gasteiger partial charge on any atom is -0.375 e. The topological polar surface area (TPSA) is 42.7 Å². The molecule has 4 nitrogen and oxygen atoms in total. The first-order valence-electron chi connectivity index (χ1n) is 7.61. The Morgan fingerprint density at radius 1 is 1.04 bits per heavy atom. The van der Waals surface area contributed by atoms with Gasteiger partial charge in [0, 0.05) is 0 Å². The van der Waals surface area contributed by atoms with Crippen LogP contribution in [0, 0.1) is 0 Å². The monoisotopic (exact) mass is 360 g/mol. The van der Waals surface area contributed by atoms with E-state index in [0.29, 0.717) is 10.0 Å². The van der Waals surface area contributed by atoms with Crippen molar-refractivity contribution in [3.8, 4) is 0 Å². The van der Waals surface area contributed by atoms with Crippen LogP contribution in [0.1, 0.15) is 25.5 Å². The van der Waals surface area contributed by atoms with Crippen molar-refractivity contribution < 1.29 is 0 Å². The van der Waals surface area contributed by atoms with Crippen LogP contribution >= 0.6 is 23.2 Å². The van der Waals surface area contributed by atoms with E-state index in [1.165, 1.54) is 6.33 Å². The third-order valence-electron chi connectivity index (χ3n) is 4.10. The second-order valence-electron chi connectivity index (χ2n) is 6.08. The molecule has 1 atom stereocenters. The van der Waals surface area contributed by atoms with Gasteiger partial charge < -0.3 is 5.32 Å². The summed E-state index contributed by atoms with van der Waals surface area (Å²) in [5.41, 5.74) is 1.52. The van der Waals surface area contributed by atoms with Crippen LogP contribution in [0.4, 0.5) is 5.69 Å². The van der Waals surface area contributed by atoms with Crippen LogP contribution in [0.5, 0.6) is 0 Å². The Balaban J connectivity index is 2.05. The Kier molecular flexibility index (Phi) is 4.78. The molecule has 6 heteroatoms. The summed E-state index contributed by atoms with van der Waals surface area (Å²) < 4.78 is 1.84. The molecule has 0 aliphatic rings. The van der Waals surface area contributed by atoms with Crippen molar-refractivity contribution in [1.82, 2.24) is 14.8 Å². The van der Waals surface area contributed by atoms with Gasteiger partial charge in [0.25, 0.3) is 0 Å². The highest BCUT2D eigenvalue weighted by molar-refractivity contribution is 6.43. The average Bonchev–Trinajstić information content (AvgIpc) is 3.12. The van der Waals surface area contributed by atoms with Crippen molar-refractivity contribution in [2.45, 2.75) is 25.4 Å². The van der Waals surface area contributed by atoms with Crippen LogP contribution in [0.2, 0.25) is 10.0 Å². The first-order chi connectivity index (χ1) is 11.5. The quantitative estimate of drug-likeness (QED) is 0.681. The molecule has 1 unspecified atom stereocenters. The third kappa shape index (κ3) is 3.25. The lowest BCUT2D eigenvalue weighted by molar-refractivity contribution is 0.272. The number of hydrogen-bond donors (Lipinski definition) is 1. The Morgan fingerprint density at radius 2 is 1.79 bits per heavy atom. The third-order valence-corrected chi connectivity index (χ3v) is 4.92. The molecule has 0 fully saturated rings. The van der Waals surface area contributed by atoms with Gasteiger partial charge in [0.05, 0.1) is 27.3 Å². The lowest BCUT2D eigenvalue weighted by Crippen LogP contribution is -2.38. The number of halogens is 2. The largest absolute Gasteiger partial charge is 0.375 e. The van der Waals surface area contributed by atoms with Crippen molar-refractivity contribution in [3.05, 3.63) is 76.8 Å². The second kappa shape index (κ2) is 6.83. The van der Waals surface area contributed by atoms with E-state index in [2.05, 4.69) is 41.4 Å². The SMILES string of the molecule is CC(C)(C(Nc1cccc(Cl)c1Cl)c1ccccc1)n1cncn1. The van der Waals surface area contributed by atoms with Crippen molar-refractivity contribution in [2.75, 3.05) is 5.32 Å². The van der Waals surface area contributed by atoms with E-state index in [4.69, 9.17) is 23.2 Å². The highest BCUT2D eigenvalue weighted by Gasteiger charge is 2.34.